The van der Waals surface area contributed by atoms with Crippen molar-refractivity contribution in [2.75, 3.05) is 9.66 Å². The number of halogens is 1. The maximum Gasteiger partial charge on any atom is 0.0591 e. The standard InChI is InChI=1S/C10H12IN/c1-2-8-7-12(11)10-6-4-3-5-9(8)10/h3-6,8H,2,7H2,1H3. The molecule has 0 aromatic heterocycles. The summed E-state index contributed by atoms with van der Waals surface area (Å²) >= 11 is 2.40. The molecule has 0 spiro atoms. The first kappa shape index (κ1) is 8.35. The van der Waals surface area contributed by atoms with E-state index in [1.807, 2.05) is 0 Å². The quantitative estimate of drug-likeness (QED) is 0.560. The van der Waals surface area contributed by atoms with Gasteiger partial charge in [0.25, 0.3) is 0 Å². The van der Waals surface area contributed by atoms with Crippen molar-refractivity contribution >= 4 is 28.6 Å². The lowest BCUT2D eigenvalue weighted by Gasteiger charge is -2.07. The van der Waals surface area contributed by atoms with Gasteiger partial charge in [0, 0.05) is 18.2 Å². The van der Waals surface area contributed by atoms with E-state index in [4.69, 9.17) is 0 Å². The highest BCUT2D eigenvalue weighted by atomic mass is 127. The lowest BCUT2D eigenvalue weighted by molar-refractivity contribution is 0.719. The topological polar surface area (TPSA) is 3.24 Å². The average Bonchev–Trinajstić information content (AvgIpc) is 2.44. The van der Waals surface area contributed by atoms with Crippen LogP contribution in [-0.2, 0) is 0 Å². The summed E-state index contributed by atoms with van der Waals surface area (Å²) in [6.45, 7) is 3.44. The van der Waals surface area contributed by atoms with E-state index in [9.17, 15) is 0 Å². The highest BCUT2D eigenvalue weighted by molar-refractivity contribution is 14.1. The van der Waals surface area contributed by atoms with E-state index in [1.54, 1.807) is 0 Å². The normalized spacial score (nSPS) is 21.2. The van der Waals surface area contributed by atoms with E-state index in [0.29, 0.717) is 0 Å². The maximum absolute atomic E-state index is 2.40. The van der Waals surface area contributed by atoms with Crippen molar-refractivity contribution in [3.05, 3.63) is 29.8 Å². The van der Waals surface area contributed by atoms with E-state index < -0.39 is 0 Å². The van der Waals surface area contributed by atoms with Gasteiger partial charge in [-0.25, -0.2) is 0 Å². The molecule has 12 heavy (non-hydrogen) atoms. The summed E-state index contributed by atoms with van der Waals surface area (Å²) in [7, 11) is 0. The van der Waals surface area contributed by atoms with Crippen LogP contribution in [0, 0.1) is 0 Å². The minimum atomic E-state index is 0.748. The van der Waals surface area contributed by atoms with Gasteiger partial charge in [0.1, 0.15) is 0 Å². The van der Waals surface area contributed by atoms with Crippen LogP contribution in [0.1, 0.15) is 24.8 Å². The number of hydrogen-bond donors (Lipinski definition) is 0. The molecule has 1 aromatic rings. The van der Waals surface area contributed by atoms with Crippen molar-refractivity contribution in [1.29, 1.82) is 0 Å². The zero-order valence-electron chi connectivity index (χ0n) is 7.13. The van der Waals surface area contributed by atoms with Gasteiger partial charge in [0.2, 0.25) is 0 Å². The summed E-state index contributed by atoms with van der Waals surface area (Å²) in [6.07, 6.45) is 1.25. The van der Waals surface area contributed by atoms with E-state index in [-0.39, 0.29) is 0 Å². The SMILES string of the molecule is CCC1CN(I)c2ccccc21. The Morgan fingerprint density at radius 3 is 3.00 bits per heavy atom. The Kier molecular flexibility index (Phi) is 2.26. The number of fused-ring (bicyclic) bond motifs is 1. The van der Waals surface area contributed by atoms with Crippen molar-refractivity contribution in [2.45, 2.75) is 19.3 Å². The molecule has 1 aliphatic rings. The van der Waals surface area contributed by atoms with Crippen molar-refractivity contribution in [2.24, 2.45) is 0 Å². The first-order valence-corrected chi connectivity index (χ1v) is 5.31. The summed E-state index contributed by atoms with van der Waals surface area (Å²) in [5.74, 6) is 0.748. The van der Waals surface area contributed by atoms with Gasteiger partial charge in [-0.2, -0.15) is 0 Å². The van der Waals surface area contributed by atoms with Crippen LogP contribution in [0.4, 0.5) is 5.69 Å². The molecule has 0 fully saturated rings. The molecule has 0 amide bonds. The molecule has 0 N–H and O–H groups in total. The highest BCUT2D eigenvalue weighted by Crippen LogP contribution is 2.39. The molecule has 0 aliphatic carbocycles. The Bertz CT molecular complexity index is 285. The number of benzene rings is 1. The predicted octanol–water partition coefficient (Wildman–Crippen LogP) is 3.35. The van der Waals surface area contributed by atoms with E-state index in [2.05, 4.69) is 57.2 Å². The summed E-state index contributed by atoms with van der Waals surface area (Å²) < 4.78 is 2.32. The van der Waals surface area contributed by atoms with Gasteiger partial charge in [0.15, 0.2) is 0 Å². The van der Waals surface area contributed by atoms with Crippen LogP contribution >= 0.6 is 22.9 Å². The van der Waals surface area contributed by atoms with Gasteiger partial charge in [-0.3, -0.25) is 0 Å². The fraction of sp³-hybridized carbons (Fsp3) is 0.400. The van der Waals surface area contributed by atoms with Crippen LogP contribution in [0.5, 0.6) is 0 Å². The lowest BCUT2D eigenvalue weighted by Crippen LogP contribution is -2.07. The molecule has 0 saturated heterocycles. The highest BCUT2D eigenvalue weighted by Gasteiger charge is 2.24. The molecular weight excluding hydrogens is 261 g/mol. The molecule has 2 heteroatoms. The number of anilines is 1. The minimum absolute atomic E-state index is 0.748. The molecule has 2 rings (SSSR count). The second-order valence-corrected chi connectivity index (χ2v) is 4.37. The second kappa shape index (κ2) is 3.24. The summed E-state index contributed by atoms with van der Waals surface area (Å²) in [5, 5.41) is 0. The van der Waals surface area contributed by atoms with Gasteiger partial charge in [-0.05, 0) is 18.1 Å². The maximum atomic E-state index is 2.40. The number of nitrogens with zero attached hydrogens (tertiary/aromatic N) is 1. The van der Waals surface area contributed by atoms with Crippen LogP contribution in [0.15, 0.2) is 24.3 Å². The number of hydrogen-bond acceptors (Lipinski definition) is 1. The Hall–Kier alpha value is -0.250. The molecule has 0 saturated carbocycles. The minimum Gasteiger partial charge on any atom is -0.314 e. The fourth-order valence-electron chi connectivity index (χ4n) is 1.79. The fourth-order valence-corrected chi connectivity index (χ4v) is 2.71. The van der Waals surface area contributed by atoms with Gasteiger partial charge in [0.05, 0.1) is 22.9 Å². The molecule has 1 aliphatic heterocycles. The summed E-state index contributed by atoms with van der Waals surface area (Å²) in [4.78, 5) is 0. The molecule has 0 bridgehead atoms. The zero-order chi connectivity index (χ0) is 8.55. The first-order chi connectivity index (χ1) is 5.83. The number of rotatable bonds is 1. The zero-order valence-corrected chi connectivity index (χ0v) is 9.28. The molecular formula is C10H12IN. The smallest absolute Gasteiger partial charge is 0.0591 e. The van der Waals surface area contributed by atoms with Gasteiger partial charge in [-0.15, -0.1) is 0 Å². The Labute approximate surface area is 87.3 Å². The number of para-hydroxylation sites is 1. The second-order valence-electron chi connectivity index (χ2n) is 3.21. The monoisotopic (exact) mass is 273 g/mol. The molecule has 64 valence electrons. The summed E-state index contributed by atoms with van der Waals surface area (Å²) in [5.41, 5.74) is 2.93. The lowest BCUT2D eigenvalue weighted by atomic mass is 9.99. The molecule has 1 unspecified atom stereocenters. The van der Waals surface area contributed by atoms with Crippen molar-refractivity contribution in [1.82, 2.24) is 0 Å². The van der Waals surface area contributed by atoms with E-state index in [0.717, 1.165) is 5.92 Å². The molecule has 1 nitrogen and oxygen atoms in total. The van der Waals surface area contributed by atoms with Crippen LogP contribution in [0.25, 0.3) is 0 Å². The van der Waals surface area contributed by atoms with E-state index >= 15 is 0 Å². The Morgan fingerprint density at radius 2 is 2.25 bits per heavy atom. The summed E-state index contributed by atoms with van der Waals surface area (Å²) in [6, 6.07) is 8.71. The Morgan fingerprint density at radius 1 is 1.50 bits per heavy atom. The van der Waals surface area contributed by atoms with Crippen LogP contribution in [0.2, 0.25) is 0 Å². The van der Waals surface area contributed by atoms with Gasteiger partial charge < -0.3 is 3.11 Å². The largest absolute Gasteiger partial charge is 0.314 e. The van der Waals surface area contributed by atoms with Gasteiger partial charge in [-0.1, -0.05) is 25.1 Å². The van der Waals surface area contributed by atoms with Crippen molar-refractivity contribution in [3.8, 4) is 0 Å². The van der Waals surface area contributed by atoms with Crippen molar-refractivity contribution < 1.29 is 0 Å². The first-order valence-electron chi connectivity index (χ1n) is 4.35. The third-order valence-electron chi connectivity index (χ3n) is 2.51. The van der Waals surface area contributed by atoms with Crippen LogP contribution < -0.4 is 3.11 Å². The predicted molar refractivity (Wildman–Crippen MR) is 60.8 cm³/mol. The third kappa shape index (κ3) is 1.22. The van der Waals surface area contributed by atoms with Crippen LogP contribution in [0.3, 0.4) is 0 Å². The molecule has 1 atom stereocenters. The van der Waals surface area contributed by atoms with E-state index in [1.165, 1.54) is 24.2 Å². The molecule has 1 aromatic carbocycles. The molecule has 1 heterocycles. The molecule has 0 radical (unpaired) electrons. The van der Waals surface area contributed by atoms with Crippen molar-refractivity contribution in [3.63, 3.8) is 0 Å². The third-order valence-corrected chi connectivity index (χ3v) is 3.43. The average molecular weight is 273 g/mol. The van der Waals surface area contributed by atoms with Gasteiger partial charge >= 0.3 is 0 Å². The Balaban J connectivity index is 2.43. The van der Waals surface area contributed by atoms with Crippen LogP contribution in [-0.4, -0.2) is 6.54 Å².